The fraction of sp³-hybridized carbons (Fsp3) is 0.500. The van der Waals surface area contributed by atoms with Crippen LogP contribution in [-0.2, 0) is 0 Å². The lowest BCUT2D eigenvalue weighted by Gasteiger charge is -2.20. The van der Waals surface area contributed by atoms with Crippen molar-refractivity contribution in [3.63, 3.8) is 0 Å². The molecule has 1 saturated heterocycles. The van der Waals surface area contributed by atoms with E-state index in [4.69, 9.17) is 4.52 Å². The van der Waals surface area contributed by atoms with Crippen molar-refractivity contribution in [3.8, 4) is 0 Å². The second kappa shape index (κ2) is 5.04. The van der Waals surface area contributed by atoms with Crippen molar-refractivity contribution in [2.75, 3.05) is 6.54 Å². The first-order valence-electron chi connectivity index (χ1n) is 7.33. The summed E-state index contributed by atoms with van der Waals surface area (Å²) in [7, 11) is 0. The summed E-state index contributed by atoms with van der Waals surface area (Å²) >= 11 is 0. The average Bonchev–Trinajstić information content (AvgIpc) is 3.18. The summed E-state index contributed by atoms with van der Waals surface area (Å²) in [4.78, 5) is 17.7. The molecule has 1 atom stereocenters. The first-order valence-corrected chi connectivity index (χ1v) is 7.33. The van der Waals surface area contributed by atoms with Gasteiger partial charge < -0.3 is 9.42 Å². The number of hydrogen-bond acceptors (Lipinski definition) is 6. The fourth-order valence-corrected chi connectivity index (χ4v) is 2.70. The van der Waals surface area contributed by atoms with Crippen molar-refractivity contribution in [1.29, 1.82) is 0 Å². The molecule has 120 valence electrons. The number of halogens is 2. The Morgan fingerprint density at radius 3 is 2.91 bits per heavy atom. The van der Waals surface area contributed by atoms with Gasteiger partial charge in [-0.2, -0.15) is 10.1 Å². The quantitative estimate of drug-likeness (QED) is 0.859. The summed E-state index contributed by atoms with van der Waals surface area (Å²) in [6, 6.07) is 2.02. The second-order valence-electron chi connectivity index (χ2n) is 5.88. The minimum absolute atomic E-state index is 0.0112. The first kappa shape index (κ1) is 14.2. The van der Waals surface area contributed by atoms with Gasteiger partial charge in [0.1, 0.15) is 6.04 Å². The van der Waals surface area contributed by atoms with Gasteiger partial charge in [0, 0.05) is 18.5 Å². The predicted molar refractivity (Wildman–Crippen MR) is 71.6 cm³/mol. The Morgan fingerprint density at radius 1 is 1.39 bits per heavy atom. The van der Waals surface area contributed by atoms with E-state index in [1.54, 1.807) is 0 Å². The molecule has 0 N–H and O–H groups in total. The highest BCUT2D eigenvalue weighted by Gasteiger charge is 2.50. The Hall–Kier alpha value is -2.45. The number of carbonyl (C=O) groups excluding carboxylic acids is 1. The predicted octanol–water partition coefficient (Wildman–Crippen LogP) is 1.96. The molecule has 2 aliphatic rings. The molecule has 23 heavy (non-hydrogen) atoms. The van der Waals surface area contributed by atoms with Gasteiger partial charge in [0.2, 0.25) is 5.89 Å². The maximum absolute atomic E-state index is 13.9. The Balaban J connectivity index is 1.64. The maximum atomic E-state index is 13.9. The number of alkyl halides is 2. The van der Waals surface area contributed by atoms with Gasteiger partial charge in [0.25, 0.3) is 11.8 Å². The van der Waals surface area contributed by atoms with E-state index in [0.717, 1.165) is 17.7 Å². The molecule has 3 heterocycles. The van der Waals surface area contributed by atoms with Crippen molar-refractivity contribution in [1.82, 2.24) is 25.2 Å². The SMILES string of the molecule is O=C(c1cccnn1)N1CC(F)(F)C[C@H]1c1nc(C2CC2)no1. The topological polar surface area (TPSA) is 85.0 Å². The third kappa shape index (κ3) is 2.66. The van der Waals surface area contributed by atoms with Crippen LogP contribution in [0.4, 0.5) is 8.78 Å². The smallest absolute Gasteiger partial charge is 0.275 e. The molecule has 0 bridgehead atoms. The van der Waals surface area contributed by atoms with Crippen LogP contribution in [0.25, 0.3) is 0 Å². The number of aromatic nitrogens is 4. The highest BCUT2D eigenvalue weighted by Crippen LogP contribution is 2.43. The van der Waals surface area contributed by atoms with Crippen molar-refractivity contribution >= 4 is 5.91 Å². The average molecular weight is 321 g/mol. The number of amides is 1. The molecular formula is C14H13F2N5O2. The summed E-state index contributed by atoms with van der Waals surface area (Å²) in [6.07, 6.45) is 2.82. The molecule has 1 amide bonds. The van der Waals surface area contributed by atoms with Gasteiger partial charge in [-0.25, -0.2) is 8.78 Å². The van der Waals surface area contributed by atoms with Crippen LogP contribution in [0.2, 0.25) is 0 Å². The standard InChI is InChI=1S/C14H13F2N5O2/c15-14(16)6-10(12-18-11(20-23-12)8-3-4-8)21(7-14)13(22)9-2-1-5-17-19-9/h1-2,5,8,10H,3-4,6-7H2/t10-/m0/s1. The molecule has 0 unspecified atom stereocenters. The lowest BCUT2D eigenvalue weighted by atomic mass is 10.2. The number of likely N-dealkylation sites (tertiary alicyclic amines) is 1. The van der Waals surface area contributed by atoms with E-state index in [2.05, 4.69) is 20.3 Å². The largest absolute Gasteiger partial charge is 0.337 e. The normalized spacial score (nSPS) is 23.2. The minimum Gasteiger partial charge on any atom is -0.337 e. The van der Waals surface area contributed by atoms with Crippen molar-refractivity contribution < 1.29 is 18.1 Å². The zero-order valence-corrected chi connectivity index (χ0v) is 12.0. The molecule has 1 aliphatic heterocycles. The van der Waals surface area contributed by atoms with Crippen molar-refractivity contribution in [3.05, 3.63) is 35.7 Å². The second-order valence-corrected chi connectivity index (χ2v) is 5.88. The molecule has 0 spiro atoms. The summed E-state index contributed by atoms with van der Waals surface area (Å²) in [5, 5.41) is 11.1. The Morgan fingerprint density at radius 2 is 2.22 bits per heavy atom. The van der Waals surface area contributed by atoms with E-state index in [-0.39, 0.29) is 17.5 Å². The summed E-state index contributed by atoms with van der Waals surface area (Å²) < 4.78 is 32.9. The summed E-state index contributed by atoms with van der Waals surface area (Å²) in [5.74, 6) is -2.79. The van der Waals surface area contributed by atoms with Crippen LogP contribution < -0.4 is 0 Å². The van der Waals surface area contributed by atoms with Crippen LogP contribution in [0.3, 0.4) is 0 Å². The fourth-order valence-electron chi connectivity index (χ4n) is 2.70. The van der Waals surface area contributed by atoms with Gasteiger partial charge in [-0.1, -0.05) is 5.16 Å². The zero-order valence-electron chi connectivity index (χ0n) is 12.0. The van der Waals surface area contributed by atoms with E-state index in [0.29, 0.717) is 5.82 Å². The summed E-state index contributed by atoms with van der Waals surface area (Å²) in [6.45, 7) is -0.700. The van der Waals surface area contributed by atoms with E-state index < -0.39 is 30.8 Å². The number of nitrogens with zero attached hydrogens (tertiary/aromatic N) is 5. The molecule has 0 radical (unpaired) electrons. The van der Waals surface area contributed by atoms with E-state index >= 15 is 0 Å². The van der Waals surface area contributed by atoms with E-state index in [9.17, 15) is 13.6 Å². The Kier molecular flexibility index (Phi) is 3.10. The molecule has 1 aliphatic carbocycles. The molecule has 4 rings (SSSR count). The molecular weight excluding hydrogens is 308 g/mol. The minimum atomic E-state index is -3.00. The maximum Gasteiger partial charge on any atom is 0.275 e. The van der Waals surface area contributed by atoms with Crippen molar-refractivity contribution in [2.45, 2.75) is 37.1 Å². The van der Waals surface area contributed by atoms with E-state index in [1.165, 1.54) is 18.3 Å². The van der Waals surface area contributed by atoms with E-state index in [1.807, 2.05) is 0 Å². The highest BCUT2D eigenvalue weighted by atomic mass is 19.3. The van der Waals surface area contributed by atoms with Crippen LogP contribution in [0, 0.1) is 0 Å². The van der Waals surface area contributed by atoms with Gasteiger partial charge in [-0.3, -0.25) is 4.79 Å². The molecule has 9 heteroatoms. The number of hydrogen-bond donors (Lipinski definition) is 0. The Labute approximate surface area is 129 Å². The molecule has 7 nitrogen and oxygen atoms in total. The lowest BCUT2D eigenvalue weighted by molar-refractivity contribution is 0.0116. The Bertz CT molecular complexity index is 732. The van der Waals surface area contributed by atoms with Gasteiger partial charge in [-0.05, 0) is 25.0 Å². The highest BCUT2D eigenvalue weighted by molar-refractivity contribution is 5.92. The molecule has 2 fully saturated rings. The van der Waals surface area contributed by atoms with Crippen molar-refractivity contribution in [2.24, 2.45) is 0 Å². The third-order valence-corrected chi connectivity index (χ3v) is 4.01. The van der Waals surface area contributed by atoms with Crippen LogP contribution in [0.1, 0.15) is 53.4 Å². The van der Waals surface area contributed by atoms with Crippen LogP contribution in [0.15, 0.2) is 22.9 Å². The molecule has 2 aromatic heterocycles. The van der Waals surface area contributed by atoms with Crippen LogP contribution in [-0.4, -0.2) is 43.6 Å². The van der Waals surface area contributed by atoms with Gasteiger partial charge in [0.15, 0.2) is 11.5 Å². The zero-order chi connectivity index (χ0) is 16.0. The van der Waals surface area contributed by atoms with Crippen LogP contribution >= 0.6 is 0 Å². The molecule has 1 saturated carbocycles. The van der Waals surface area contributed by atoms with Gasteiger partial charge in [0.05, 0.1) is 6.54 Å². The monoisotopic (exact) mass is 321 g/mol. The first-order chi connectivity index (χ1) is 11.0. The van der Waals surface area contributed by atoms with Crippen LogP contribution in [0.5, 0.6) is 0 Å². The van der Waals surface area contributed by atoms with Gasteiger partial charge in [-0.15, -0.1) is 5.10 Å². The molecule has 0 aromatic carbocycles. The number of rotatable bonds is 3. The summed E-state index contributed by atoms with van der Waals surface area (Å²) in [5.41, 5.74) is 0.0112. The lowest BCUT2D eigenvalue weighted by Crippen LogP contribution is -2.33. The molecule has 2 aromatic rings. The number of carbonyl (C=O) groups is 1. The third-order valence-electron chi connectivity index (χ3n) is 4.01. The van der Waals surface area contributed by atoms with Gasteiger partial charge >= 0.3 is 0 Å².